The van der Waals surface area contributed by atoms with Crippen molar-refractivity contribution in [3.63, 3.8) is 0 Å². The van der Waals surface area contributed by atoms with Gasteiger partial charge in [-0.25, -0.2) is 0 Å². The van der Waals surface area contributed by atoms with E-state index in [0.29, 0.717) is 6.54 Å². The van der Waals surface area contributed by atoms with Gasteiger partial charge >= 0.3 is 0 Å². The second-order valence-corrected chi connectivity index (χ2v) is 4.16. The average Bonchev–Trinajstić information content (AvgIpc) is 2.46. The minimum absolute atomic E-state index is 0.0316. The molecule has 7 heteroatoms. The van der Waals surface area contributed by atoms with E-state index in [1.807, 2.05) is 30.3 Å². The molecular formula is C14H12NO6-. The zero-order valence-electron chi connectivity index (χ0n) is 10.8. The third-order valence-corrected chi connectivity index (χ3v) is 2.61. The Kier molecular flexibility index (Phi) is 4.57. The van der Waals surface area contributed by atoms with Gasteiger partial charge in [0.25, 0.3) is 0 Å². The quantitative estimate of drug-likeness (QED) is 0.493. The lowest BCUT2D eigenvalue weighted by atomic mass is 10.2. The smallest absolute Gasteiger partial charge is 0.227 e. The summed E-state index contributed by atoms with van der Waals surface area (Å²) in [6, 6.07) is 10.2. The summed E-state index contributed by atoms with van der Waals surface area (Å²) in [6.07, 6.45) is -0.562. The molecular weight excluding hydrogens is 278 g/mol. The summed E-state index contributed by atoms with van der Waals surface area (Å²) in [7, 11) is 0. The molecule has 0 saturated heterocycles. The fourth-order valence-corrected chi connectivity index (χ4v) is 1.60. The molecule has 0 bridgehead atoms. The molecule has 0 aliphatic carbocycles. The lowest BCUT2D eigenvalue weighted by Crippen LogP contribution is -2.11. The SMILES string of the molecule is O=c1cc(C(O)[CH-][N+](=O)[O-])occ1OCc1ccccc1. The zero-order valence-corrected chi connectivity index (χ0v) is 10.8. The fourth-order valence-electron chi connectivity index (χ4n) is 1.60. The van der Waals surface area contributed by atoms with Crippen molar-refractivity contribution in [1.82, 2.24) is 0 Å². The maximum absolute atomic E-state index is 11.8. The first kappa shape index (κ1) is 14.6. The van der Waals surface area contributed by atoms with Gasteiger partial charge in [0.1, 0.15) is 18.6 Å². The number of aliphatic hydroxyl groups excluding tert-OH is 1. The first-order chi connectivity index (χ1) is 10.1. The third kappa shape index (κ3) is 4.08. The summed E-state index contributed by atoms with van der Waals surface area (Å²) in [5.74, 6) is -0.250. The van der Waals surface area contributed by atoms with Gasteiger partial charge in [0.05, 0.1) is 6.10 Å². The Balaban J connectivity index is 2.06. The molecule has 1 unspecified atom stereocenters. The van der Waals surface area contributed by atoms with Crippen LogP contribution in [0.2, 0.25) is 0 Å². The summed E-state index contributed by atoms with van der Waals surface area (Å²) < 4.78 is 10.3. The number of benzene rings is 1. The van der Waals surface area contributed by atoms with Crippen LogP contribution in [0.15, 0.2) is 51.9 Å². The van der Waals surface area contributed by atoms with Crippen LogP contribution < -0.4 is 10.2 Å². The fraction of sp³-hybridized carbons (Fsp3) is 0.143. The minimum atomic E-state index is -1.59. The van der Waals surface area contributed by atoms with Gasteiger partial charge in [-0.15, -0.1) is 4.92 Å². The van der Waals surface area contributed by atoms with Crippen LogP contribution in [-0.2, 0) is 6.61 Å². The van der Waals surface area contributed by atoms with Crippen molar-refractivity contribution in [3.05, 3.63) is 80.9 Å². The van der Waals surface area contributed by atoms with Crippen LogP contribution >= 0.6 is 0 Å². The second kappa shape index (κ2) is 6.58. The van der Waals surface area contributed by atoms with Crippen molar-refractivity contribution < 1.29 is 19.2 Å². The predicted molar refractivity (Wildman–Crippen MR) is 72.0 cm³/mol. The molecule has 0 fully saturated rings. The van der Waals surface area contributed by atoms with E-state index in [0.717, 1.165) is 17.9 Å². The Hall–Kier alpha value is -2.80. The Morgan fingerprint density at radius 1 is 1.38 bits per heavy atom. The van der Waals surface area contributed by atoms with Gasteiger partial charge in [-0.1, -0.05) is 30.3 Å². The topological polar surface area (TPSA) is 103 Å². The Labute approximate surface area is 119 Å². The molecule has 1 heterocycles. The Bertz CT molecular complexity index is 667. The molecule has 0 aliphatic rings. The molecule has 0 amide bonds. The molecule has 0 saturated carbocycles. The molecule has 0 spiro atoms. The first-order valence-corrected chi connectivity index (χ1v) is 6.02. The highest BCUT2D eigenvalue weighted by atomic mass is 16.6. The Morgan fingerprint density at radius 3 is 2.71 bits per heavy atom. The molecule has 21 heavy (non-hydrogen) atoms. The Morgan fingerprint density at radius 2 is 2.10 bits per heavy atom. The minimum Gasteiger partial charge on any atom is -0.482 e. The molecule has 1 aromatic carbocycles. The molecule has 2 rings (SSSR count). The van der Waals surface area contributed by atoms with E-state index < -0.39 is 16.5 Å². The summed E-state index contributed by atoms with van der Waals surface area (Å²) in [6.45, 7) is 0.608. The summed E-state index contributed by atoms with van der Waals surface area (Å²) >= 11 is 0. The summed E-state index contributed by atoms with van der Waals surface area (Å²) in [5.41, 5.74) is 0.352. The van der Waals surface area contributed by atoms with Gasteiger partial charge in [-0.3, -0.25) is 14.9 Å². The van der Waals surface area contributed by atoms with Crippen LogP contribution in [0.4, 0.5) is 0 Å². The van der Waals surface area contributed by atoms with Gasteiger partial charge in [0.2, 0.25) is 11.2 Å². The second-order valence-electron chi connectivity index (χ2n) is 4.16. The van der Waals surface area contributed by atoms with E-state index in [2.05, 4.69) is 0 Å². The van der Waals surface area contributed by atoms with Crippen LogP contribution in [0.1, 0.15) is 17.4 Å². The standard InChI is InChI=1S/C14H12NO6/c16-11-6-13(12(17)7-15(18)19)21-9-14(11)20-8-10-4-2-1-3-5-10/h1-7,9,12,17H,8H2/q-1. The van der Waals surface area contributed by atoms with Gasteiger partial charge < -0.3 is 14.3 Å². The normalized spacial score (nSPS) is 11.7. The van der Waals surface area contributed by atoms with E-state index in [1.54, 1.807) is 0 Å². The molecule has 110 valence electrons. The third-order valence-electron chi connectivity index (χ3n) is 2.61. The van der Waals surface area contributed by atoms with Gasteiger partial charge in [0, 0.05) is 6.07 Å². The maximum Gasteiger partial charge on any atom is 0.227 e. The monoisotopic (exact) mass is 290 g/mol. The average molecular weight is 290 g/mol. The molecule has 7 nitrogen and oxygen atoms in total. The maximum atomic E-state index is 11.8. The van der Waals surface area contributed by atoms with Crippen molar-refractivity contribution >= 4 is 0 Å². The van der Waals surface area contributed by atoms with Gasteiger partial charge in [0.15, 0.2) is 0 Å². The van der Waals surface area contributed by atoms with Crippen molar-refractivity contribution in [2.75, 3.05) is 0 Å². The van der Waals surface area contributed by atoms with Crippen LogP contribution in [0.5, 0.6) is 5.75 Å². The molecule has 0 aliphatic heterocycles. The number of hydrogen-bond acceptors (Lipinski definition) is 6. The lowest BCUT2D eigenvalue weighted by Gasteiger charge is -2.13. The molecule has 1 aromatic heterocycles. The van der Waals surface area contributed by atoms with Crippen molar-refractivity contribution in [1.29, 1.82) is 0 Å². The molecule has 1 atom stereocenters. The van der Waals surface area contributed by atoms with Crippen LogP contribution in [0.3, 0.4) is 0 Å². The first-order valence-electron chi connectivity index (χ1n) is 6.02. The highest BCUT2D eigenvalue weighted by molar-refractivity contribution is 5.20. The molecule has 0 radical (unpaired) electrons. The number of aliphatic hydroxyl groups is 1. The number of rotatable bonds is 6. The predicted octanol–water partition coefficient (Wildman–Crippen LogP) is 1.69. The largest absolute Gasteiger partial charge is 0.482 e. The van der Waals surface area contributed by atoms with E-state index in [-0.39, 0.29) is 18.1 Å². The number of ether oxygens (including phenoxy) is 1. The van der Waals surface area contributed by atoms with Crippen molar-refractivity contribution in [2.45, 2.75) is 12.7 Å². The van der Waals surface area contributed by atoms with E-state index in [1.165, 1.54) is 0 Å². The number of hydrogen-bond donors (Lipinski definition) is 1. The van der Waals surface area contributed by atoms with E-state index in [4.69, 9.17) is 9.15 Å². The van der Waals surface area contributed by atoms with Crippen molar-refractivity contribution in [3.8, 4) is 5.75 Å². The van der Waals surface area contributed by atoms with Gasteiger partial charge in [-0.05, 0) is 12.1 Å². The van der Waals surface area contributed by atoms with Gasteiger partial charge in [-0.2, -0.15) is 0 Å². The number of nitrogens with zero attached hydrogens (tertiary/aromatic N) is 1. The van der Waals surface area contributed by atoms with Crippen LogP contribution in [0, 0.1) is 16.7 Å². The lowest BCUT2D eigenvalue weighted by molar-refractivity contribution is -0.447. The molecule has 2 aromatic rings. The summed E-state index contributed by atoms with van der Waals surface area (Å²) in [5, 5.41) is 19.7. The summed E-state index contributed by atoms with van der Waals surface area (Å²) in [4.78, 5) is 21.2. The van der Waals surface area contributed by atoms with Crippen molar-refractivity contribution in [2.24, 2.45) is 0 Å². The zero-order chi connectivity index (χ0) is 15.2. The van der Waals surface area contributed by atoms with E-state index >= 15 is 0 Å². The van der Waals surface area contributed by atoms with Crippen LogP contribution in [0.25, 0.3) is 0 Å². The molecule has 1 N–H and O–H groups in total. The highest BCUT2D eigenvalue weighted by Gasteiger charge is 2.11. The van der Waals surface area contributed by atoms with Crippen LogP contribution in [-0.4, -0.2) is 10.0 Å². The number of nitro groups is 1. The van der Waals surface area contributed by atoms with E-state index in [9.17, 15) is 20.0 Å². The highest BCUT2D eigenvalue weighted by Crippen LogP contribution is 2.17.